The fourth-order valence-electron chi connectivity index (χ4n) is 0.890. The standard InChI is InChI=1S/C10H9O5/c11-5-6-14-8-1-3-9(4-2-8)15-7-10(12)13/h1-4H,6-7H2,(H,12,13). The molecule has 1 N–H and O–H groups in total. The van der Waals surface area contributed by atoms with E-state index in [1.807, 2.05) is 0 Å². The van der Waals surface area contributed by atoms with Crippen molar-refractivity contribution in [2.75, 3.05) is 13.2 Å². The number of benzene rings is 1. The maximum absolute atomic E-state index is 10.2. The molecular weight excluding hydrogens is 200 g/mol. The first-order chi connectivity index (χ1) is 7.22. The lowest BCUT2D eigenvalue weighted by Crippen LogP contribution is -2.09. The summed E-state index contributed by atoms with van der Waals surface area (Å²) < 4.78 is 9.83. The van der Waals surface area contributed by atoms with Crippen LogP contribution in [0.1, 0.15) is 0 Å². The van der Waals surface area contributed by atoms with E-state index in [1.165, 1.54) is 0 Å². The van der Waals surface area contributed by atoms with Crippen molar-refractivity contribution in [1.29, 1.82) is 0 Å². The molecule has 1 aromatic carbocycles. The Morgan fingerprint density at radius 1 is 1.20 bits per heavy atom. The lowest BCUT2D eigenvalue weighted by Gasteiger charge is -2.04. The summed E-state index contributed by atoms with van der Waals surface area (Å²) in [5.74, 6) is -0.105. The van der Waals surface area contributed by atoms with Gasteiger partial charge in [-0.25, -0.2) is 4.79 Å². The van der Waals surface area contributed by atoms with Crippen molar-refractivity contribution in [2.24, 2.45) is 0 Å². The van der Waals surface area contributed by atoms with Gasteiger partial charge in [0.05, 0.1) is 0 Å². The molecule has 0 saturated heterocycles. The number of ether oxygens (including phenoxy) is 2. The lowest BCUT2D eigenvalue weighted by atomic mass is 10.3. The van der Waals surface area contributed by atoms with Crippen LogP contribution in [-0.2, 0) is 9.59 Å². The second-order valence-electron chi connectivity index (χ2n) is 2.59. The smallest absolute Gasteiger partial charge is 0.341 e. The Hall–Kier alpha value is -2.04. The van der Waals surface area contributed by atoms with Crippen molar-refractivity contribution in [1.82, 2.24) is 0 Å². The molecule has 0 amide bonds. The number of carboxylic acid groups (broad SMARTS) is 1. The van der Waals surface area contributed by atoms with Crippen LogP contribution in [0.4, 0.5) is 0 Å². The van der Waals surface area contributed by atoms with E-state index in [2.05, 4.69) is 0 Å². The van der Waals surface area contributed by atoms with E-state index in [0.717, 1.165) is 0 Å². The topological polar surface area (TPSA) is 72.8 Å². The van der Waals surface area contributed by atoms with Crippen LogP contribution in [0.3, 0.4) is 0 Å². The second kappa shape index (κ2) is 5.64. The number of hydrogen-bond donors (Lipinski definition) is 1. The van der Waals surface area contributed by atoms with Gasteiger partial charge in [-0.1, -0.05) is 0 Å². The SMILES string of the molecule is O=[C]COc1ccc(OCC(=O)O)cc1. The molecule has 0 aliphatic rings. The molecule has 0 heterocycles. The normalized spacial score (nSPS) is 9.33. The van der Waals surface area contributed by atoms with Gasteiger partial charge >= 0.3 is 5.97 Å². The minimum Gasteiger partial charge on any atom is -0.485 e. The Kier molecular flexibility index (Phi) is 4.15. The molecule has 0 aliphatic carbocycles. The van der Waals surface area contributed by atoms with E-state index in [0.29, 0.717) is 11.5 Å². The van der Waals surface area contributed by atoms with Crippen LogP contribution >= 0.6 is 0 Å². The largest absolute Gasteiger partial charge is 0.485 e. The number of rotatable bonds is 6. The Morgan fingerprint density at radius 3 is 2.20 bits per heavy atom. The Labute approximate surface area is 86.2 Å². The highest BCUT2D eigenvalue weighted by Crippen LogP contribution is 2.17. The van der Waals surface area contributed by atoms with Crippen LogP contribution in [-0.4, -0.2) is 30.6 Å². The Balaban J connectivity index is 2.48. The highest BCUT2D eigenvalue weighted by molar-refractivity contribution is 5.68. The minimum atomic E-state index is -1.04. The lowest BCUT2D eigenvalue weighted by molar-refractivity contribution is -0.139. The third-order valence-electron chi connectivity index (χ3n) is 1.48. The van der Waals surface area contributed by atoms with Crippen LogP contribution in [0, 0.1) is 0 Å². The van der Waals surface area contributed by atoms with Gasteiger partial charge < -0.3 is 14.6 Å². The van der Waals surface area contributed by atoms with Crippen LogP contribution < -0.4 is 9.47 Å². The van der Waals surface area contributed by atoms with Crippen LogP contribution in [0.2, 0.25) is 0 Å². The van der Waals surface area contributed by atoms with Gasteiger partial charge in [0.1, 0.15) is 11.5 Å². The van der Waals surface area contributed by atoms with Crippen molar-refractivity contribution in [3.05, 3.63) is 24.3 Å². The van der Waals surface area contributed by atoms with Gasteiger partial charge in [0.25, 0.3) is 0 Å². The summed E-state index contributed by atoms with van der Waals surface area (Å²) in [5, 5.41) is 8.35. The van der Waals surface area contributed by atoms with Crippen molar-refractivity contribution in [3.63, 3.8) is 0 Å². The van der Waals surface area contributed by atoms with E-state index in [-0.39, 0.29) is 13.2 Å². The van der Waals surface area contributed by atoms with Crippen molar-refractivity contribution >= 4 is 12.3 Å². The van der Waals surface area contributed by atoms with Gasteiger partial charge in [0.2, 0.25) is 6.29 Å². The summed E-state index contributed by atoms with van der Waals surface area (Å²) in [6.45, 7) is -0.516. The molecule has 0 bridgehead atoms. The molecule has 15 heavy (non-hydrogen) atoms. The summed E-state index contributed by atoms with van der Waals surface area (Å²) in [6.07, 6.45) is 1.59. The number of carbonyl (C=O) groups excluding carboxylic acids is 1. The first kappa shape index (κ1) is 11.0. The van der Waals surface area contributed by atoms with Crippen molar-refractivity contribution in [2.45, 2.75) is 0 Å². The minimum absolute atomic E-state index is 0.130. The van der Waals surface area contributed by atoms with E-state index >= 15 is 0 Å². The number of hydrogen-bond acceptors (Lipinski definition) is 4. The average Bonchev–Trinajstić information content (AvgIpc) is 2.25. The zero-order valence-corrected chi connectivity index (χ0v) is 7.80. The number of carboxylic acids is 1. The predicted molar refractivity (Wildman–Crippen MR) is 50.8 cm³/mol. The fourth-order valence-corrected chi connectivity index (χ4v) is 0.890. The molecule has 1 radical (unpaired) electrons. The monoisotopic (exact) mass is 209 g/mol. The predicted octanol–water partition coefficient (Wildman–Crippen LogP) is 0.638. The van der Waals surface area contributed by atoms with Gasteiger partial charge in [-0.05, 0) is 24.3 Å². The van der Waals surface area contributed by atoms with Gasteiger partial charge in [-0.15, -0.1) is 0 Å². The molecule has 0 saturated carbocycles. The molecule has 0 unspecified atom stereocenters. The Bertz CT molecular complexity index is 330. The van der Waals surface area contributed by atoms with Gasteiger partial charge in [-0.3, -0.25) is 4.79 Å². The molecule has 0 aliphatic heterocycles. The summed E-state index contributed by atoms with van der Waals surface area (Å²) >= 11 is 0. The molecule has 5 heteroatoms. The zero-order valence-electron chi connectivity index (χ0n) is 7.80. The summed E-state index contributed by atoms with van der Waals surface area (Å²) in [7, 11) is 0. The van der Waals surface area contributed by atoms with Gasteiger partial charge in [-0.2, -0.15) is 0 Å². The van der Waals surface area contributed by atoms with Crippen LogP contribution in [0.25, 0.3) is 0 Å². The Morgan fingerprint density at radius 2 is 1.73 bits per heavy atom. The highest BCUT2D eigenvalue weighted by Gasteiger charge is 1.99. The third-order valence-corrected chi connectivity index (χ3v) is 1.48. The molecule has 79 valence electrons. The molecule has 5 nitrogen and oxygen atoms in total. The fraction of sp³-hybridized carbons (Fsp3) is 0.200. The first-order valence-corrected chi connectivity index (χ1v) is 4.15. The molecule has 0 spiro atoms. The van der Waals surface area contributed by atoms with E-state index < -0.39 is 5.97 Å². The average molecular weight is 209 g/mol. The zero-order chi connectivity index (χ0) is 11.1. The summed E-state index contributed by atoms with van der Waals surface area (Å²) in [6, 6.07) is 6.27. The molecule has 0 aromatic heterocycles. The second-order valence-corrected chi connectivity index (χ2v) is 2.59. The molecule has 1 rings (SSSR count). The first-order valence-electron chi connectivity index (χ1n) is 4.15. The highest BCUT2D eigenvalue weighted by atomic mass is 16.5. The van der Waals surface area contributed by atoms with Crippen LogP contribution in [0.15, 0.2) is 24.3 Å². The molecule has 0 fully saturated rings. The third kappa shape index (κ3) is 4.12. The van der Waals surface area contributed by atoms with E-state index in [9.17, 15) is 9.59 Å². The molecular formula is C10H9O5. The number of aliphatic carboxylic acids is 1. The van der Waals surface area contributed by atoms with Crippen molar-refractivity contribution in [3.8, 4) is 11.5 Å². The van der Waals surface area contributed by atoms with Gasteiger partial charge in [0.15, 0.2) is 13.2 Å². The van der Waals surface area contributed by atoms with Gasteiger partial charge in [0, 0.05) is 0 Å². The van der Waals surface area contributed by atoms with Crippen LogP contribution in [0.5, 0.6) is 11.5 Å². The quantitative estimate of drug-likeness (QED) is 0.744. The van der Waals surface area contributed by atoms with E-state index in [1.54, 1.807) is 30.6 Å². The summed E-state index contributed by atoms with van der Waals surface area (Å²) in [5.41, 5.74) is 0. The maximum atomic E-state index is 10.2. The number of carbonyl (C=O) groups is 1. The molecule has 1 aromatic rings. The van der Waals surface area contributed by atoms with Crippen molar-refractivity contribution < 1.29 is 24.2 Å². The summed E-state index contributed by atoms with van der Waals surface area (Å²) in [4.78, 5) is 20.1. The van der Waals surface area contributed by atoms with E-state index in [4.69, 9.17) is 14.6 Å². The maximum Gasteiger partial charge on any atom is 0.341 e. The molecule has 0 atom stereocenters.